The summed E-state index contributed by atoms with van der Waals surface area (Å²) in [5, 5.41) is 10.5. The van der Waals surface area contributed by atoms with Crippen molar-refractivity contribution in [3.63, 3.8) is 0 Å². The van der Waals surface area contributed by atoms with Crippen LogP contribution in [0.4, 0.5) is 0 Å². The standard InChI is InChI=1S/C15H24O2/c1-10(2)11-4-5-15-8-13(17-9-15)14(3,16)7-12(15)6-11/h12-13,16H,4-9H2,1-3H3/t12?,13-,14-,15-/m1/s1. The van der Waals surface area contributed by atoms with Crippen LogP contribution in [0.2, 0.25) is 0 Å². The lowest BCUT2D eigenvalue weighted by Gasteiger charge is -2.48. The molecule has 0 aromatic rings. The van der Waals surface area contributed by atoms with Crippen LogP contribution in [-0.2, 0) is 4.74 Å². The van der Waals surface area contributed by atoms with Gasteiger partial charge in [0.2, 0.25) is 0 Å². The summed E-state index contributed by atoms with van der Waals surface area (Å²) >= 11 is 0. The van der Waals surface area contributed by atoms with Gasteiger partial charge in [-0.1, -0.05) is 11.1 Å². The molecule has 1 heterocycles. The Bertz CT molecular complexity index is 365. The predicted octanol–water partition coefficient (Wildman–Crippen LogP) is 3.05. The molecule has 2 aliphatic carbocycles. The molecule has 1 saturated heterocycles. The number of aliphatic hydroxyl groups is 1. The Morgan fingerprint density at radius 3 is 2.82 bits per heavy atom. The Labute approximate surface area is 104 Å². The summed E-state index contributed by atoms with van der Waals surface area (Å²) < 4.78 is 5.88. The SMILES string of the molecule is CC(C)=C1CC[C@]23CO[C@H](C2)[C@](C)(O)CC3C1. The van der Waals surface area contributed by atoms with Crippen molar-refractivity contribution in [2.45, 2.75) is 64.6 Å². The van der Waals surface area contributed by atoms with Crippen LogP contribution in [0.5, 0.6) is 0 Å². The molecule has 0 amide bonds. The van der Waals surface area contributed by atoms with Gasteiger partial charge in [0, 0.05) is 0 Å². The highest BCUT2D eigenvalue weighted by Crippen LogP contribution is 2.58. The molecule has 4 atom stereocenters. The molecule has 96 valence electrons. The molecule has 0 aromatic heterocycles. The van der Waals surface area contributed by atoms with Crippen molar-refractivity contribution in [1.29, 1.82) is 0 Å². The van der Waals surface area contributed by atoms with Gasteiger partial charge in [0.25, 0.3) is 0 Å². The molecule has 1 aliphatic heterocycles. The second-order valence-electron chi connectivity index (χ2n) is 6.93. The zero-order chi connectivity index (χ0) is 12.3. The van der Waals surface area contributed by atoms with Gasteiger partial charge in [-0.2, -0.15) is 0 Å². The van der Waals surface area contributed by atoms with Crippen molar-refractivity contribution in [2.24, 2.45) is 11.3 Å². The van der Waals surface area contributed by atoms with E-state index in [1.54, 1.807) is 5.57 Å². The van der Waals surface area contributed by atoms with E-state index in [1.807, 2.05) is 6.92 Å². The van der Waals surface area contributed by atoms with E-state index in [9.17, 15) is 5.11 Å². The second kappa shape index (κ2) is 3.58. The van der Waals surface area contributed by atoms with Crippen LogP contribution >= 0.6 is 0 Å². The molecule has 2 bridgehead atoms. The van der Waals surface area contributed by atoms with E-state index < -0.39 is 5.60 Å². The number of fused-ring (bicyclic) bond motifs is 1. The Balaban J connectivity index is 1.90. The molecule has 1 N–H and O–H groups in total. The molecule has 3 fully saturated rings. The van der Waals surface area contributed by atoms with Crippen molar-refractivity contribution >= 4 is 0 Å². The van der Waals surface area contributed by atoms with Gasteiger partial charge in [-0.15, -0.1) is 0 Å². The van der Waals surface area contributed by atoms with Gasteiger partial charge < -0.3 is 9.84 Å². The molecule has 3 aliphatic rings. The topological polar surface area (TPSA) is 29.5 Å². The fraction of sp³-hybridized carbons (Fsp3) is 0.867. The first-order chi connectivity index (χ1) is 7.93. The first-order valence-electron chi connectivity index (χ1n) is 6.92. The van der Waals surface area contributed by atoms with E-state index in [2.05, 4.69) is 13.8 Å². The molecule has 2 saturated carbocycles. The highest BCUT2D eigenvalue weighted by molar-refractivity contribution is 5.19. The van der Waals surface area contributed by atoms with Crippen LogP contribution in [0, 0.1) is 11.3 Å². The Kier molecular flexibility index (Phi) is 2.47. The highest BCUT2D eigenvalue weighted by Gasteiger charge is 2.58. The summed E-state index contributed by atoms with van der Waals surface area (Å²) in [4.78, 5) is 0. The number of hydrogen-bond donors (Lipinski definition) is 1. The van der Waals surface area contributed by atoms with Crippen molar-refractivity contribution in [2.75, 3.05) is 6.61 Å². The molecule has 2 heteroatoms. The summed E-state index contributed by atoms with van der Waals surface area (Å²) in [6, 6.07) is 0. The first-order valence-corrected chi connectivity index (χ1v) is 6.92. The molecule has 0 radical (unpaired) electrons. The maximum absolute atomic E-state index is 10.5. The average Bonchev–Trinajstić information content (AvgIpc) is 2.63. The van der Waals surface area contributed by atoms with Crippen LogP contribution in [0.15, 0.2) is 11.1 Å². The summed E-state index contributed by atoms with van der Waals surface area (Å²) in [5.74, 6) is 0.634. The van der Waals surface area contributed by atoms with Gasteiger partial charge in [-0.05, 0) is 64.2 Å². The summed E-state index contributed by atoms with van der Waals surface area (Å²) in [7, 11) is 0. The summed E-state index contributed by atoms with van der Waals surface area (Å²) in [5.41, 5.74) is 2.91. The lowest BCUT2D eigenvalue weighted by Crippen LogP contribution is -2.49. The van der Waals surface area contributed by atoms with Crippen molar-refractivity contribution in [3.05, 3.63) is 11.1 Å². The lowest BCUT2D eigenvalue weighted by atomic mass is 9.56. The first kappa shape index (κ1) is 11.7. The number of hydrogen-bond acceptors (Lipinski definition) is 2. The number of allylic oxidation sites excluding steroid dienone is 2. The van der Waals surface area contributed by atoms with Crippen LogP contribution in [0.1, 0.15) is 52.9 Å². The fourth-order valence-corrected chi connectivity index (χ4v) is 4.20. The maximum Gasteiger partial charge on any atom is 0.0883 e. The Morgan fingerprint density at radius 1 is 1.35 bits per heavy atom. The molecular weight excluding hydrogens is 212 g/mol. The van der Waals surface area contributed by atoms with Crippen molar-refractivity contribution < 1.29 is 9.84 Å². The van der Waals surface area contributed by atoms with Crippen LogP contribution in [0.3, 0.4) is 0 Å². The third-order valence-corrected chi connectivity index (χ3v) is 5.51. The largest absolute Gasteiger partial charge is 0.387 e. The smallest absolute Gasteiger partial charge is 0.0883 e. The minimum absolute atomic E-state index is 0.0898. The normalized spacial score (nSPS) is 49.1. The van der Waals surface area contributed by atoms with Crippen molar-refractivity contribution in [1.82, 2.24) is 0 Å². The molecule has 2 nitrogen and oxygen atoms in total. The van der Waals surface area contributed by atoms with Gasteiger partial charge in [0.05, 0.1) is 18.3 Å². The van der Waals surface area contributed by atoms with E-state index in [1.165, 1.54) is 24.8 Å². The molecule has 1 unspecified atom stereocenters. The van der Waals surface area contributed by atoms with E-state index in [0.717, 1.165) is 19.4 Å². The van der Waals surface area contributed by atoms with Crippen LogP contribution in [0.25, 0.3) is 0 Å². The van der Waals surface area contributed by atoms with Gasteiger partial charge in [-0.25, -0.2) is 0 Å². The van der Waals surface area contributed by atoms with E-state index in [4.69, 9.17) is 4.74 Å². The van der Waals surface area contributed by atoms with Crippen LogP contribution in [-0.4, -0.2) is 23.4 Å². The molecule has 1 spiro atoms. The molecule has 3 rings (SSSR count). The lowest BCUT2D eigenvalue weighted by molar-refractivity contribution is -0.0941. The summed E-state index contributed by atoms with van der Waals surface area (Å²) in [6.07, 6.45) is 5.80. The molecule has 17 heavy (non-hydrogen) atoms. The highest BCUT2D eigenvalue weighted by atomic mass is 16.5. The third-order valence-electron chi connectivity index (χ3n) is 5.51. The minimum Gasteiger partial charge on any atom is -0.387 e. The number of ether oxygens (including phenoxy) is 1. The monoisotopic (exact) mass is 236 g/mol. The summed E-state index contributed by atoms with van der Waals surface area (Å²) in [6.45, 7) is 7.29. The average molecular weight is 236 g/mol. The van der Waals surface area contributed by atoms with E-state index in [-0.39, 0.29) is 6.10 Å². The fourth-order valence-electron chi connectivity index (χ4n) is 4.20. The second-order valence-corrected chi connectivity index (χ2v) is 6.93. The van der Waals surface area contributed by atoms with Gasteiger partial charge in [0.1, 0.15) is 0 Å². The zero-order valence-electron chi connectivity index (χ0n) is 11.3. The third kappa shape index (κ3) is 1.68. The quantitative estimate of drug-likeness (QED) is 0.655. The van der Waals surface area contributed by atoms with Gasteiger partial charge in [0.15, 0.2) is 0 Å². The molecular formula is C15H24O2. The van der Waals surface area contributed by atoms with Crippen LogP contribution < -0.4 is 0 Å². The van der Waals surface area contributed by atoms with E-state index in [0.29, 0.717) is 11.3 Å². The van der Waals surface area contributed by atoms with Crippen molar-refractivity contribution in [3.8, 4) is 0 Å². The zero-order valence-corrected chi connectivity index (χ0v) is 11.3. The molecule has 0 aromatic carbocycles. The van der Waals surface area contributed by atoms with Gasteiger partial charge in [-0.3, -0.25) is 0 Å². The predicted molar refractivity (Wildman–Crippen MR) is 67.7 cm³/mol. The maximum atomic E-state index is 10.5. The minimum atomic E-state index is -0.602. The number of rotatable bonds is 0. The van der Waals surface area contributed by atoms with Gasteiger partial charge >= 0.3 is 0 Å². The Hall–Kier alpha value is -0.340. The van der Waals surface area contributed by atoms with E-state index >= 15 is 0 Å². The Morgan fingerprint density at radius 2 is 2.12 bits per heavy atom.